The first kappa shape index (κ1) is 14.2. The Morgan fingerprint density at radius 2 is 2.15 bits per heavy atom. The molecule has 0 aromatic carbocycles. The van der Waals surface area contributed by atoms with Gasteiger partial charge in [-0.1, -0.05) is 6.07 Å². The van der Waals surface area contributed by atoms with Crippen molar-refractivity contribution in [1.29, 1.82) is 0 Å². The molecule has 1 N–H and O–H groups in total. The molecule has 5 heteroatoms. The Hall–Kier alpha value is -2.17. The van der Waals surface area contributed by atoms with E-state index in [1.807, 2.05) is 43.7 Å². The SMILES string of the molecule is Cc1cccnc1C[C@H](C)NC(=O)Cn1ccnc1C. The van der Waals surface area contributed by atoms with Crippen LogP contribution in [0.5, 0.6) is 0 Å². The van der Waals surface area contributed by atoms with E-state index in [4.69, 9.17) is 0 Å². The number of rotatable bonds is 5. The molecule has 0 fully saturated rings. The molecule has 0 aliphatic rings. The van der Waals surface area contributed by atoms with E-state index in [-0.39, 0.29) is 11.9 Å². The van der Waals surface area contributed by atoms with Gasteiger partial charge in [-0.05, 0) is 32.4 Å². The van der Waals surface area contributed by atoms with Gasteiger partial charge in [0.05, 0.1) is 0 Å². The predicted molar refractivity (Wildman–Crippen MR) is 77.2 cm³/mol. The molecule has 0 aliphatic heterocycles. The molecule has 20 heavy (non-hydrogen) atoms. The minimum absolute atomic E-state index is 0.00724. The summed E-state index contributed by atoms with van der Waals surface area (Å²) >= 11 is 0. The Balaban J connectivity index is 1.88. The lowest BCUT2D eigenvalue weighted by atomic mass is 10.1. The van der Waals surface area contributed by atoms with Crippen LogP contribution in [0.2, 0.25) is 0 Å². The molecule has 0 saturated carbocycles. The minimum atomic E-state index is -0.00724. The van der Waals surface area contributed by atoms with Crippen molar-refractivity contribution in [2.75, 3.05) is 0 Å². The molecule has 0 unspecified atom stereocenters. The van der Waals surface area contributed by atoms with E-state index in [1.165, 1.54) is 0 Å². The average Bonchev–Trinajstić information content (AvgIpc) is 2.77. The normalized spacial score (nSPS) is 12.2. The first-order chi connectivity index (χ1) is 9.56. The summed E-state index contributed by atoms with van der Waals surface area (Å²) in [6, 6.07) is 4.01. The van der Waals surface area contributed by atoms with Crippen LogP contribution < -0.4 is 5.32 Å². The second kappa shape index (κ2) is 6.32. The third kappa shape index (κ3) is 3.66. The zero-order valence-corrected chi connectivity index (χ0v) is 12.1. The van der Waals surface area contributed by atoms with Crippen LogP contribution >= 0.6 is 0 Å². The fourth-order valence-corrected chi connectivity index (χ4v) is 2.12. The molecule has 2 aromatic rings. The fraction of sp³-hybridized carbons (Fsp3) is 0.400. The van der Waals surface area contributed by atoms with Gasteiger partial charge in [-0.15, -0.1) is 0 Å². The third-order valence-electron chi connectivity index (χ3n) is 3.26. The van der Waals surface area contributed by atoms with Gasteiger partial charge in [0.25, 0.3) is 0 Å². The number of aromatic nitrogens is 3. The fourth-order valence-electron chi connectivity index (χ4n) is 2.12. The zero-order chi connectivity index (χ0) is 14.5. The van der Waals surface area contributed by atoms with E-state index < -0.39 is 0 Å². The van der Waals surface area contributed by atoms with Crippen LogP contribution in [0.1, 0.15) is 24.0 Å². The molecule has 0 aliphatic carbocycles. The van der Waals surface area contributed by atoms with Crippen LogP contribution in [0.15, 0.2) is 30.7 Å². The molecule has 0 spiro atoms. The number of imidazole rings is 1. The molecule has 0 bridgehead atoms. The average molecular weight is 272 g/mol. The Kier molecular flexibility index (Phi) is 4.50. The van der Waals surface area contributed by atoms with Crippen LogP contribution in [0.25, 0.3) is 0 Å². The number of carbonyl (C=O) groups is 1. The second-order valence-electron chi connectivity index (χ2n) is 5.04. The largest absolute Gasteiger partial charge is 0.352 e. The Bertz CT molecular complexity index is 591. The predicted octanol–water partition coefficient (Wildman–Crippen LogP) is 1.64. The number of hydrogen-bond donors (Lipinski definition) is 1. The maximum atomic E-state index is 12.0. The number of carbonyl (C=O) groups excluding carboxylic acids is 1. The van der Waals surface area contributed by atoms with Crippen LogP contribution in [0.4, 0.5) is 0 Å². The van der Waals surface area contributed by atoms with Gasteiger partial charge in [0.15, 0.2) is 0 Å². The second-order valence-corrected chi connectivity index (χ2v) is 5.04. The summed E-state index contributed by atoms with van der Waals surface area (Å²) in [5.41, 5.74) is 2.18. The topological polar surface area (TPSA) is 59.8 Å². The summed E-state index contributed by atoms with van der Waals surface area (Å²) in [4.78, 5) is 20.4. The first-order valence-corrected chi connectivity index (χ1v) is 6.74. The Labute approximate surface area is 119 Å². The zero-order valence-electron chi connectivity index (χ0n) is 12.1. The number of nitrogens with one attached hydrogen (secondary N) is 1. The van der Waals surface area contributed by atoms with Gasteiger partial charge in [-0.3, -0.25) is 9.78 Å². The van der Waals surface area contributed by atoms with Gasteiger partial charge in [-0.2, -0.15) is 0 Å². The number of amides is 1. The molecule has 2 heterocycles. The molecule has 1 atom stereocenters. The summed E-state index contributed by atoms with van der Waals surface area (Å²) < 4.78 is 1.83. The van der Waals surface area contributed by atoms with Crippen LogP contribution in [-0.2, 0) is 17.8 Å². The smallest absolute Gasteiger partial charge is 0.240 e. The van der Waals surface area contributed by atoms with E-state index in [9.17, 15) is 4.79 Å². The van der Waals surface area contributed by atoms with E-state index in [1.54, 1.807) is 12.4 Å². The maximum Gasteiger partial charge on any atom is 0.240 e. The van der Waals surface area contributed by atoms with E-state index in [0.29, 0.717) is 6.54 Å². The molecule has 0 radical (unpaired) electrons. The van der Waals surface area contributed by atoms with E-state index in [0.717, 1.165) is 23.5 Å². The lowest BCUT2D eigenvalue weighted by Gasteiger charge is -2.15. The van der Waals surface area contributed by atoms with Gasteiger partial charge in [0.1, 0.15) is 12.4 Å². The molecule has 2 aromatic heterocycles. The number of aryl methyl sites for hydroxylation is 2. The third-order valence-corrected chi connectivity index (χ3v) is 3.26. The minimum Gasteiger partial charge on any atom is -0.352 e. The lowest BCUT2D eigenvalue weighted by molar-refractivity contribution is -0.122. The van der Waals surface area contributed by atoms with Gasteiger partial charge in [0.2, 0.25) is 5.91 Å². The summed E-state index contributed by atoms with van der Waals surface area (Å²) in [6.07, 6.45) is 6.03. The van der Waals surface area contributed by atoms with Crippen LogP contribution in [0.3, 0.4) is 0 Å². The monoisotopic (exact) mass is 272 g/mol. The van der Waals surface area contributed by atoms with Crippen molar-refractivity contribution in [1.82, 2.24) is 19.9 Å². The summed E-state index contributed by atoms with van der Waals surface area (Å²) in [5, 5.41) is 2.99. The summed E-state index contributed by atoms with van der Waals surface area (Å²) in [5.74, 6) is 0.834. The molecular weight excluding hydrogens is 252 g/mol. The van der Waals surface area contributed by atoms with Crippen LogP contribution in [-0.4, -0.2) is 26.5 Å². The molecule has 106 valence electrons. The molecular formula is C15H20N4O. The van der Waals surface area contributed by atoms with E-state index in [2.05, 4.69) is 15.3 Å². The van der Waals surface area contributed by atoms with Crippen molar-refractivity contribution in [2.45, 2.75) is 39.8 Å². The highest BCUT2D eigenvalue weighted by atomic mass is 16.2. The summed E-state index contributed by atoms with van der Waals surface area (Å²) in [7, 11) is 0. The highest BCUT2D eigenvalue weighted by molar-refractivity contribution is 5.76. The number of nitrogens with zero attached hydrogens (tertiary/aromatic N) is 3. The van der Waals surface area contributed by atoms with Crippen LogP contribution in [0, 0.1) is 13.8 Å². The van der Waals surface area contributed by atoms with Crippen molar-refractivity contribution in [2.24, 2.45) is 0 Å². The highest BCUT2D eigenvalue weighted by Gasteiger charge is 2.11. The van der Waals surface area contributed by atoms with Gasteiger partial charge in [-0.25, -0.2) is 4.98 Å². The lowest BCUT2D eigenvalue weighted by Crippen LogP contribution is -2.36. The quantitative estimate of drug-likeness (QED) is 0.900. The highest BCUT2D eigenvalue weighted by Crippen LogP contribution is 2.06. The Morgan fingerprint density at radius 1 is 1.35 bits per heavy atom. The van der Waals surface area contributed by atoms with Crippen molar-refractivity contribution < 1.29 is 4.79 Å². The van der Waals surface area contributed by atoms with Gasteiger partial charge in [0, 0.05) is 36.7 Å². The Morgan fingerprint density at radius 3 is 2.80 bits per heavy atom. The van der Waals surface area contributed by atoms with Crippen molar-refractivity contribution >= 4 is 5.91 Å². The van der Waals surface area contributed by atoms with E-state index >= 15 is 0 Å². The van der Waals surface area contributed by atoms with Crippen molar-refractivity contribution in [3.8, 4) is 0 Å². The van der Waals surface area contributed by atoms with Gasteiger partial charge >= 0.3 is 0 Å². The molecule has 5 nitrogen and oxygen atoms in total. The molecule has 2 rings (SSSR count). The molecule has 1 amide bonds. The van der Waals surface area contributed by atoms with Gasteiger partial charge < -0.3 is 9.88 Å². The van der Waals surface area contributed by atoms with Crippen molar-refractivity contribution in [3.05, 3.63) is 47.8 Å². The molecule has 0 saturated heterocycles. The number of hydrogen-bond acceptors (Lipinski definition) is 3. The summed E-state index contributed by atoms with van der Waals surface area (Å²) in [6.45, 7) is 6.21. The first-order valence-electron chi connectivity index (χ1n) is 6.74. The standard InChI is InChI=1S/C15H20N4O/c1-11-5-4-6-17-14(11)9-12(2)18-15(20)10-19-8-7-16-13(19)3/h4-8,12H,9-10H2,1-3H3,(H,18,20)/t12-/m0/s1. The van der Waals surface area contributed by atoms with Crippen molar-refractivity contribution in [3.63, 3.8) is 0 Å². The number of pyridine rings is 1. The maximum absolute atomic E-state index is 12.0.